The third-order valence-electron chi connectivity index (χ3n) is 5.00. The van der Waals surface area contributed by atoms with E-state index in [9.17, 15) is 14.4 Å². The average molecular weight is 453 g/mol. The van der Waals surface area contributed by atoms with Crippen LogP contribution in [0.5, 0.6) is 0 Å². The first-order chi connectivity index (χ1) is 14.9. The third kappa shape index (κ3) is 8.31. The number of ether oxygens (including phenoxy) is 1. The molecule has 0 bridgehead atoms. The van der Waals surface area contributed by atoms with Crippen molar-refractivity contribution in [1.29, 1.82) is 0 Å². The fourth-order valence-electron chi connectivity index (χ4n) is 2.44. The molecular weight excluding hydrogens is 420 g/mol. The van der Waals surface area contributed by atoms with Crippen LogP contribution in [0.2, 0.25) is 0 Å². The van der Waals surface area contributed by atoms with Crippen molar-refractivity contribution >= 4 is 35.6 Å². The van der Waals surface area contributed by atoms with Crippen molar-refractivity contribution in [2.24, 2.45) is 11.8 Å². The number of rotatable bonds is 9. The van der Waals surface area contributed by atoms with Crippen LogP contribution in [-0.4, -0.2) is 52.6 Å². The first-order valence-electron chi connectivity index (χ1n) is 10.1. The van der Waals surface area contributed by atoms with E-state index in [-0.39, 0.29) is 47.7 Å². The molecule has 12 nitrogen and oxygen atoms in total. The molecule has 0 aliphatic rings. The number of hydrogen-bond donors (Lipinski definition) is 4. The van der Waals surface area contributed by atoms with Gasteiger partial charge in [-0.2, -0.15) is 9.59 Å². The SMILES string of the molecule is CCOC(=O)C(C)C(C)NC(=O)c1nc(N)c(C(=O)NC(C)C(C)CC)nc1N.O=C=O. The van der Waals surface area contributed by atoms with Crippen LogP contribution < -0.4 is 22.1 Å². The molecule has 1 heterocycles. The van der Waals surface area contributed by atoms with Gasteiger partial charge in [-0.25, -0.2) is 9.97 Å². The smallest absolute Gasteiger partial charge is 0.373 e. The van der Waals surface area contributed by atoms with Crippen LogP contribution in [0.1, 0.15) is 68.9 Å². The van der Waals surface area contributed by atoms with Gasteiger partial charge in [-0.1, -0.05) is 20.3 Å². The van der Waals surface area contributed by atoms with Gasteiger partial charge in [-0.15, -0.1) is 0 Å². The maximum absolute atomic E-state index is 12.5. The number of carbonyl (C=O) groups excluding carboxylic acids is 5. The van der Waals surface area contributed by atoms with E-state index >= 15 is 0 Å². The maximum Gasteiger partial charge on any atom is 0.373 e. The highest BCUT2D eigenvalue weighted by atomic mass is 16.5. The number of anilines is 2. The Morgan fingerprint density at radius 2 is 1.31 bits per heavy atom. The van der Waals surface area contributed by atoms with Gasteiger partial charge < -0.3 is 26.8 Å². The zero-order valence-corrected chi connectivity index (χ0v) is 19.2. The highest BCUT2D eigenvalue weighted by Crippen LogP contribution is 2.15. The van der Waals surface area contributed by atoms with Crippen LogP contribution in [0.4, 0.5) is 11.6 Å². The first kappa shape index (κ1) is 28.5. The van der Waals surface area contributed by atoms with E-state index in [0.29, 0.717) is 0 Å². The fraction of sp³-hybridized carbons (Fsp3) is 0.600. The Labute approximate surface area is 186 Å². The number of amides is 2. The lowest BCUT2D eigenvalue weighted by Crippen LogP contribution is -2.41. The minimum Gasteiger partial charge on any atom is -0.466 e. The average Bonchev–Trinajstić information content (AvgIpc) is 2.74. The molecule has 6 N–H and O–H groups in total. The second kappa shape index (κ2) is 13.7. The quantitative estimate of drug-likeness (QED) is 0.384. The number of hydrogen-bond acceptors (Lipinski definition) is 10. The number of nitrogens with one attached hydrogen (secondary N) is 2. The maximum atomic E-state index is 12.5. The van der Waals surface area contributed by atoms with Crippen molar-refractivity contribution in [2.75, 3.05) is 18.1 Å². The molecule has 0 radical (unpaired) electrons. The van der Waals surface area contributed by atoms with E-state index in [1.165, 1.54) is 0 Å². The fourth-order valence-corrected chi connectivity index (χ4v) is 2.44. The van der Waals surface area contributed by atoms with Gasteiger partial charge in [0.15, 0.2) is 23.0 Å². The van der Waals surface area contributed by atoms with E-state index in [1.54, 1.807) is 20.8 Å². The van der Waals surface area contributed by atoms with Crippen molar-refractivity contribution in [3.8, 4) is 0 Å². The summed E-state index contributed by atoms with van der Waals surface area (Å²) in [5.41, 5.74) is 11.3. The van der Waals surface area contributed by atoms with Gasteiger partial charge >= 0.3 is 12.1 Å². The monoisotopic (exact) mass is 452 g/mol. The molecule has 4 atom stereocenters. The molecule has 0 aliphatic heterocycles. The second-order valence-corrected chi connectivity index (χ2v) is 7.23. The predicted molar refractivity (Wildman–Crippen MR) is 115 cm³/mol. The normalized spacial score (nSPS) is 13.8. The summed E-state index contributed by atoms with van der Waals surface area (Å²) in [5, 5.41) is 5.43. The molecule has 0 saturated heterocycles. The Kier molecular flexibility index (Phi) is 12.2. The van der Waals surface area contributed by atoms with Gasteiger partial charge in [0.05, 0.1) is 12.5 Å². The Bertz CT molecular complexity index is 840. The lowest BCUT2D eigenvalue weighted by molar-refractivity contribution is -0.191. The highest BCUT2D eigenvalue weighted by Gasteiger charge is 2.26. The Morgan fingerprint density at radius 3 is 1.69 bits per heavy atom. The Balaban J connectivity index is 0.00000302. The summed E-state index contributed by atoms with van der Waals surface area (Å²) in [5.74, 6) is -2.33. The number of esters is 1. The van der Waals surface area contributed by atoms with Gasteiger partial charge in [0, 0.05) is 12.1 Å². The van der Waals surface area contributed by atoms with Gasteiger partial charge in [0.2, 0.25) is 0 Å². The minimum absolute atomic E-state index is 0.0943. The molecule has 0 aliphatic carbocycles. The summed E-state index contributed by atoms with van der Waals surface area (Å²) in [6.45, 7) is 11.2. The van der Waals surface area contributed by atoms with E-state index in [4.69, 9.17) is 25.8 Å². The van der Waals surface area contributed by atoms with Crippen LogP contribution in [0.3, 0.4) is 0 Å². The molecule has 1 aromatic rings. The summed E-state index contributed by atoms with van der Waals surface area (Å²) < 4.78 is 4.95. The van der Waals surface area contributed by atoms with E-state index < -0.39 is 29.7 Å². The summed E-state index contributed by atoms with van der Waals surface area (Å²) in [7, 11) is 0. The van der Waals surface area contributed by atoms with Gasteiger partial charge in [-0.3, -0.25) is 14.4 Å². The Hall–Kier alpha value is -3.53. The summed E-state index contributed by atoms with van der Waals surface area (Å²) in [6.07, 6.45) is 1.15. The lowest BCUT2D eigenvalue weighted by Gasteiger charge is -2.21. The van der Waals surface area contributed by atoms with Crippen molar-refractivity contribution in [3.63, 3.8) is 0 Å². The summed E-state index contributed by atoms with van der Waals surface area (Å²) in [4.78, 5) is 60.9. The van der Waals surface area contributed by atoms with Gasteiger partial charge in [-0.05, 0) is 33.6 Å². The molecule has 12 heteroatoms. The van der Waals surface area contributed by atoms with Gasteiger partial charge in [0.25, 0.3) is 11.8 Å². The molecule has 0 aromatic carbocycles. The molecule has 1 rings (SSSR count). The molecule has 1 aromatic heterocycles. The largest absolute Gasteiger partial charge is 0.466 e. The van der Waals surface area contributed by atoms with Crippen LogP contribution in [0.25, 0.3) is 0 Å². The van der Waals surface area contributed by atoms with E-state index in [1.807, 2.05) is 20.8 Å². The third-order valence-corrected chi connectivity index (χ3v) is 5.00. The predicted octanol–water partition coefficient (Wildman–Crippen LogP) is 0.539. The van der Waals surface area contributed by atoms with Crippen LogP contribution >= 0.6 is 0 Å². The number of nitrogens with zero attached hydrogens (tertiary/aromatic N) is 2. The minimum atomic E-state index is -0.648. The van der Waals surface area contributed by atoms with Crippen molar-refractivity contribution < 1.29 is 28.7 Å². The second-order valence-electron chi connectivity index (χ2n) is 7.23. The van der Waals surface area contributed by atoms with E-state index in [0.717, 1.165) is 6.42 Å². The molecule has 0 fully saturated rings. The van der Waals surface area contributed by atoms with Crippen molar-refractivity contribution in [3.05, 3.63) is 11.4 Å². The standard InChI is InChI=1S/C19H32N6O4.CO2/c1-7-9(3)11(5)22-17(26)13-15(20)25-14(16(21)24-13)18(27)23-12(6)10(4)19(28)29-8-2;2-1-3/h9-12H,7-8H2,1-6H3,(H2,20,25)(H2,21,24)(H,22,26)(H,23,27);. The molecule has 0 saturated carbocycles. The zero-order valence-electron chi connectivity index (χ0n) is 19.2. The Morgan fingerprint density at radius 1 is 0.906 bits per heavy atom. The number of aromatic nitrogens is 2. The van der Waals surface area contributed by atoms with Crippen molar-refractivity contribution in [2.45, 2.75) is 60.0 Å². The molecule has 178 valence electrons. The summed E-state index contributed by atoms with van der Waals surface area (Å²) >= 11 is 0. The number of carbonyl (C=O) groups is 3. The zero-order chi connectivity index (χ0) is 25.0. The van der Waals surface area contributed by atoms with Gasteiger partial charge in [0.1, 0.15) is 0 Å². The molecule has 4 unspecified atom stereocenters. The molecule has 32 heavy (non-hydrogen) atoms. The van der Waals surface area contributed by atoms with Crippen LogP contribution in [-0.2, 0) is 19.1 Å². The van der Waals surface area contributed by atoms with E-state index in [2.05, 4.69) is 20.6 Å². The number of nitrogens with two attached hydrogens (primary N) is 2. The number of nitrogen functional groups attached to an aromatic ring is 2. The molecule has 2 amide bonds. The lowest BCUT2D eigenvalue weighted by atomic mass is 10.0. The van der Waals surface area contributed by atoms with Crippen molar-refractivity contribution in [1.82, 2.24) is 20.6 Å². The first-order valence-corrected chi connectivity index (χ1v) is 10.1. The van der Waals surface area contributed by atoms with Crippen LogP contribution in [0.15, 0.2) is 0 Å². The summed E-state index contributed by atoms with van der Waals surface area (Å²) in [6, 6.07) is -0.633. The highest BCUT2D eigenvalue weighted by molar-refractivity contribution is 6.01. The topological polar surface area (TPSA) is 196 Å². The van der Waals surface area contributed by atoms with Crippen LogP contribution in [0, 0.1) is 11.8 Å². The molecule has 0 spiro atoms. The molecular formula is C20H32N6O6.